The molecular weight excluding hydrogens is 222 g/mol. The van der Waals surface area contributed by atoms with Crippen LogP contribution in [0.25, 0.3) is 0 Å². The van der Waals surface area contributed by atoms with E-state index in [9.17, 15) is 0 Å². The van der Waals surface area contributed by atoms with Gasteiger partial charge in [-0.25, -0.2) is 0 Å². The second-order valence-electron chi connectivity index (χ2n) is 5.48. The van der Waals surface area contributed by atoms with Gasteiger partial charge >= 0.3 is 0 Å². The number of ether oxygens (including phenoxy) is 1. The zero-order chi connectivity index (χ0) is 12.8. The first kappa shape index (κ1) is 13.4. The van der Waals surface area contributed by atoms with Crippen LogP contribution in [0.2, 0.25) is 0 Å². The number of para-hydroxylation sites is 1. The summed E-state index contributed by atoms with van der Waals surface area (Å²) in [6.45, 7) is 3.42. The van der Waals surface area contributed by atoms with E-state index >= 15 is 0 Å². The maximum atomic E-state index is 5.38. The highest BCUT2D eigenvalue weighted by Gasteiger charge is 2.17. The van der Waals surface area contributed by atoms with Crippen molar-refractivity contribution < 1.29 is 4.74 Å². The fourth-order valence-electron chi connectivity index (χ4n) is 2.94. The average Bonchev–Trinajstić information content (AvgIpc) is 2.39. The summed E-state index contributed by atoms with van der Waals surface area (Å²) >= 11 is 0. The Bertz CT molecular complexity index is 364. The summed E-state index contributed by atoms with van der Waals surface area (Å²) in [7, 11) is 1.75. The Morgan fingerprint density at radius 1 is 1.28 bits per heavy atom. The van der Waals surface area contributed by atoms with Crippen LogP contribution in [0.3, 0.4) is 0 Å². The molecule has 1 aliphatic rings. The normalized spacial score (nSPS) is 23.9. The third-order valence-corrected chi connectivity index (χ3v) is 3.96. The molecule has 2 nitrogen and oxygen atoms in total. The zero-order valence-corrected chi connectivity index (χ0v) is 11.6. The molecule has 1 aromatic rings. The third-order valence-electron chi connectivity index (χ3n) is 3.96. The molecule has 0 aromatic heterocycles. The number of methoxy groups -OCH3 is 1. The molecule has 0 amide bonds. The predicted octanol–water partition coefficient (Wildman–Crippen LogP) is 3.41. The van der Waals surface area contributed by atoms with Gasteiger partial charge in [-0.15, -0.1) is 0 Å². The van der Waals surface area contributed by atoms with Crippen LogP contribution in [0.5, 0.6) is 5.75 Å². The van der Waals surface area contributed by atoms with Crippen molar-refractivity contribution >= 4 is 0 Å². The minimum atomic E-state index is 0.725. The Morgan fingerprint density at radius 3 is 2.89 bits per heavy atom. The van der Waals surface area contributed by atoms with Crippen LogP contribution in [0.1, 0.15) is 38.2 Å². The SMILES string of the molecule is COc1ccccc1CCN[C@@H]1CCC[C@H](C)C1. The quantitative estimate of drug-likeness (QED) is 0.861. The van der Waals surface area contributed by atoms with E-state index in [2.05, 4.69) is 24.4 Å². The van der Waals surface area contributed by atoms with Crippen molar-refractivity contribution in [1.82, 2.24) is 5.32 Å². The summed E-state index contributed by atoms with van der Waals surface area (Å²) in [4.78, 5) is 0. The largest absolute Gasteiger partial charge is 0.496 e. The highest BCUT2D eigenvalue weighted by Crippen LogP contribution is 2.23. The maximum absolute atomic E-state index is 5.38. The number of hydrogen-bond donors (Lipinski definition) is 1. The Morgan fingerprint density at radius 2 is 2.11 bits per heavy atom. The van der Waals surface area contributed by atoms with Gasteiger partial charge in [0, 0.05) is 6.04 Å². The summed E-state index contributed by atoms with van der Waals surface area (Å²) in [5, 5.41) is 3.70. The van der Waals surface area contributed by atoms with Gasteiger partial charge in [0.05, 0.1) is 7.11 Å². The molecule has 1 aliphatic carbocycles. The van der Waals surface area contributed by atoms with Crippen molar-refractivity contribution in [3.63, 3.8) is 0 Å². The van der Waals surface area contributed by atoms with Crippen LogP contribution in [0.4, 0.5) is 0 Å². The van der Waals surface area contributed by atoms with Crippen molar-refractivity contribution in [3.05, 3.63) is 29.8 Å². The Balaban J connectivity index is 1.77. The van der Waals surface area contributed by atoms with E-state index in [1.807, 2.05) is 12.1 Å². The zero-order valence-electron chi connectivity index (χ0n) is 11.6. The molecule has 18 heavy (non-hydrogen) atoms. The summed E-state index contributed by atoms with van der Waals surface area (Å²) < 4.78 is 5.38. The summed E-state index contributed by atoms with van der Waals surface area (Å²) in [5.41, 5.74) is 1.30. The van der Waals surface area contributed by atoms with Gasteiger partial charge in [0.1, 0.15) is 5.75 Å². The fraction of sp³-hybridized carbons (Fsp3) is 0.625. The molecule has 100 valence electrons. The summed E-state index contributed by atoms with van der Waals surface area (Å²) in [6, 6.07) is 9.03. The van der Waals surface area contributed by atoms with Crippen LogP contribution in [-0.4, -0.2) is 19.7 Å². The molecule has 2 atom stereocenters. The molecule has 0 heterocycles. The molecule has 0 bridgehead atoms. The Labute approximate surface area is 111 Å². The highest BCUT2D eigenvalue weighted by molar-refractivity contribution is 5.33. The average molecular weight is 247 g/mol. The number of rotatable bonds is 5. The van der Waals surface area contributed by atoms with Crippen molar-refractivity contribution in [2.45, 2.75) is 45.1 Å². The molecule has 0 spiro atoms. The minimum Gasteiger partial charge on any atom is -0.496 e. The molecular formula is C16H25NO. The van der Waals surface area contributed by atoms with Crippen molar-refractivity contribution in [2.75, 3.05) is 13.7 Å². The molecule has 1 saturated carbocycles. The van der Waals surface area contributed by atoms with Gasteiger partial charge < -0.3 is 10.1 Å². The van der Waals surface area contributed by atoms with Gasteiger partial charge in [-0.3, -0.25) is 0 Å². The van der Waals surface area contributed by atoms with Crippen LogP contribution in [0.15, 0.2) is 24.3 Å². The van der Waals surface area contributed by atoms with Crippen molar-refractivity contribution in [3.8, 4) is 5.75 Å². The first-order valence-electron chi connectivity index (χ1n) is 7.15. The van der Waals surface area contributed by atoms with Gasteiger partial charge in [0.15, 0.2) is 0 Å². The van der Waals surface area contributed by atoms with E-state index in [0.29, 0.717) is 0 Å². The molecule has 2 rings (SSSR count). The summed E-state index contributed by atoms with van der Waals surface area (Å²) in [6.07, 6.45) is 6.52. The van der Waals surface area contributed by atoms with E-state index in [1.165, 1.54) is 31.2 Å². The maximum Gasteiger partial charge on any atom is 0.122 e. The van der Waals surface area contributed by atoms with Crippen LogP contribution in [0, 0.1) is 5.92 Å². The smallest absolute Gasteiger partial charge is 0.122 e. The van der Waals surface area contributed by atoms with E-state index < -0.39 is 0 Å². The topological polar surface area (TPSA) is 21.3 Å². The van der Waals surface area contributed by atoms with Gasteiger partial charge in [-0.2, -0.15) is 0 Å². The number of hydrogen-bond acceptors (Lipinski definition) is 2. The van der Waals surface area contributed by atoms with Crippen molar-refractivity contribution in [2.24, 2.45) is 5.92 Å². The second-order valence-corrected chi connectivity index (χ2v) is 5.48. The lowest BCUT2D eigenvalue weighted by atomic mass is 9.87. The van der Waals surface area contributed by atoms with Gasteiger partial charge in [-0.1, -0.05) is 38.0 Å². The number of nitrogens with one attached hydrogen (secondary N) is 1. The molecule has 1 N–H and O–H groups in total. The number of benzene rings is 1. The standard InChI is InChI=1S/C16H25NO/c1-13-6-5-8-15(12-13)17-11-10-14-7-3-4-9-16(14)18-2/h3-4,7,9,13,15,17H,5-6,8,10-12H2,1-2H3/t13-,15+/m0/s1. The fourth-order valence-corrected chi connectivity index (χ4v) is 2.94. The van der Waals surface area contributed by atoms with Gasteiger partial charge in [-0.05, 0) is 43.4 Å². The first-order valence-corrected chi connectivity index (χ1v) is 7.15. The lowest BCUT2D eigenvalue weighted by Crippen LogP contribution is -2.34. The molecule has 0 unspecified atom stereocenters. The van der Waals surface area contributed by atoms with E-state index in [4.69, 9.17) is 4.74 Å². The highest BCUT2D eigenvalue weighted by atomic mass is 16.5. The van der Waals surface area contributed by atoms with Crippen LogP contribution in [-0.2, 0) is 6.42 Å². The Hall–Kier alpha value is -1.02. The summed E-state index contributed by atoms with van der Waals surface area (Å²) in [5.74, 6) is 1.90. The van der Waals surface area contributed by atoms with E-state index in [0.717, 1.165) is 30.7 Å². The molecule has 1 fully saturated rings. The molecule has 0 aliphatic heterocycles. The van der Waals surface area contributed by atoms with Crippen molar-refractivity contribution in [1.29, 1.82) is 0 Å². The predicted molar refractivity (Wildman–Crippen MR) is 76.1 cm³/mol. The minimum absolute atomic E-state index is 0.725. The monoisotopic (exact) mass is 247 g/mol. The second kappa shape index (κ2) is 6.79. The van der Waals surface area contributed by atoms with Crippen LogP contribution >= 0.6 is 0 Å². The molecule has 0 saturated heterocycles. The molecule has 0 radical (unpaired) electrons. The lowest BCUT2D eigenvalue weighted by Gasteiger charge is -2.27. The molecule has 1 aromatic carbocycles. The molecule has 2 heteroatoms. The Kier molecular flexibility index (Phi) is 5.06. The lowest BCUT2D eigenvalue weighted by molar-refractivity contribution is 0.302. The van der Waals surface area contributed by atoms with Gasteiger partial charge in [0.25, 0.3) is 0 Å². The van der Waals surface area contributed by atoms with Gasteiger partial charge in [0.2, 0.25) is 0 Å². The third kappa shape index (κ3) is 3.74. The first-order chi connectivity index (χ1) is 8.79. The van der Waals surface area contributed by atoms with Crippen LogP contribution < -0.4 is 10.1 Å². The van der Waals surface area contributed by atoms with E-state index in [-0.39, 0.29) is 0 Å². The van der Waals surface area contributed by atoms with E-state index in [1.54, 1.807) is 7.11 Å².